The third kappa shape index (κ3) is 4.73. The monoisotopic (exact) mass is 309 g/mol. The van der Waals surface area contributed by atoms with E-state index in [1.165, 1.54) is 0 Å². The number of carbonyl (C=O) groups excluding carboxylic acids is 1. The summed E-state index contributed by atoms with van der Waals surface area (Å²) in [5.41, 5.74) is 0.577. The number of piperidine rings is 1. The second kappa shape index (κ2) is 6.69. The van der Waals surface area contributed by atoms with E-state index in [9.17, 15) is 4.79 Å². The second-order valence-corrected chi connectivity index (χ2v) is 6.99. The van der Waals surface area contributed by atoms with Crippen LogP contribution in [0, 0.1) is 6.92 Å². The molecule has 1 aliphatic heterocycles. The number of aryl methyl sites for hydroxylation is 1. The number of rotatable bonds is 3. The SMILES string of the molecule is Cc1cnc(CO[C@H]2CCN(C(=O)OC(C)(C)C)[C@@H](C)C2)[nH]1. The van der Waals surface area contributed by atoms with Gasteiger partial charge < -0.3 is 19.4 Å². The largest absolute Gasteiger partial charge is 0.444 e. The number of ether oxygens (including phenoxy) is 2. The summed E-state index contributed by atoms with van der Waals surface area (Å²) in [7, 11) is 0. The average molecular weight is 309 g/mol. The minimum Gasteiger partial charge on any atom is -0.444 e. The molecule has 1 saturated heterocycles. The van der Waals surface area contributed by atoms with Gasteiger partial charge in [-0.05, 0) is 47.5 Å². The highest BCUT2D eigenvalue weighted by Crippen LogP contribution is 2.23. The molecule has 6 nitrogen and oxygen atoms in total. The quantitative estimate of drug-likeness (QED) is 0.932. The molecule has 22 heavy (non-hydrogen) atoms. The Kier molecular flexibility index (Phi) is 5.11. The van der Waals surface area contributed by atoms with Gasteiger partial charge in [-0.15, -0.1) is 0 Å². The molecule has 0 spiro atoms. The van der Waals surface area contributed by atoms with Gasteiger partial charge in [0.05, 0.1) is 6.10 Å². The van der Waals surface area contributed by atoms with E-state index in [-0.39, 0.29) is 18.2 Å². The van der Waals surface area contributed by atoms with Gasteiger partial charge in [0.25, 0.3) is 0 Å². The number of hydrogen-bond acceptors (Lipinski definition) is 4. The Balaban J connectivity index is 1.80. The van der Waals surface area contributed by atoms with E-state index in [1.54, 1.807) is 11.1 Å². The van der Waals surface area contributed by atoms with Gasteiger partial charge in [0.1, 0.15) is 18.0 Å². The molecule has 1 aliphatic rings. The maximum absolute atomic E-state index is 12.2. The predicted molar refractivity (Wildman–Crippen MR) is 83.5 cm³/mol. The van der Waals surface area contributed by atoms with Crippen molar-refractivity contribution in [3.05, 3.63) is 17.7 Å². The highest BCUT2D eigenvalue weighted by atomic mass is 16.6. The van der Waals surface area contributed by atoms with Crippen LogP contribution in [0.5, 0.6) is 0 Å². The summed E-state index contributed by atoms with van der Waals surface area (Å²) < 4.78 is 11.4. The van der Waals surface area contributed by atoms with Crippen LogP contribution in [0.25, 0.3) is 0 Å². The van der Waals surface area contributed by atoms with Gasteiger partial charge in [-0.3, -0.25) is 0 Å². The number of likely N-dealkylation sites (tertiary alicyclic amines) is 1. The first-order chi connectivity index (χ1) is 10.2. The Hall–Kier alpha value is -1.56. The van der Waals surface area contributed by atoms with Crippen LogP contribution in [-0.2, 0) is 16.1 Å². The van der Waals surface area contributed by atoms with E-state index in [4.69, 9.17) is 9.47 Å². The molecule has 2 atom stereocenters. The molecular weight excluding hydrogens is 282 g/mol. The van der Waals surface area contributed by atoms with Crippen molar-refractivity contribution in [3.63, 3.8) is 0 Å². The highest BCUT2D eigenvalue weighted by Gasteiger charge is 2.32. The van der Waals surface area contributed by atoms with Crippen LogP contribution in [0.1, 0.15) is 52.1 Å². The van der Waals surface area contributed by atoms with Crippen molar-refractivity contribution < 1.29 is 14.3 Å². The summed E-state index contributed by atoms with van der Waals surface area (Å²) in [6.07, 6.45) is 3.36. The summed E-state index contributed by atoms with van der Waals surface area (Å²) in [4.78, 5) is 21.4. The van der Waals surface area contributed by atoms with Crippen molar-refractivity contribution in [1.29, 1.82) is 0 Å². The molecule has 2 rings (SSSR count). The lowest BCUT2D eigenvalue weighted by atomic mass is 10.0. The Bertz CT molecular complexity index is 507. The number of imidazole rings is 1. The molecule has 1 amide bonds. The topological polar surface area (TPSA) is 67.4 Å². The van der Waals surface area contributed by atoms with Gasteiger partial charge in [-0.25, -0.2) is 9.78 Å². The highest BCUT2D eigenvalue weighted by molar-refractivity contribution is 5.68. The molecule has 0 radical (unpaired) electrons. The van der Waals surface area contributed by atoms with Crippen molar-refractivity contribution in [2.24, 2.45) is 0 Å². The minimum atomic E-state index is -0.457. The molecule has 124 valence electrons. The number of nitrogens with one attached hydrogen (secondary N) is 1. The van der Waals surface area contributed by atoms with Gasteiger partial charge in [0, 0.05) is 24.5 Å². The number of H-pyrrole nitrogens is 1. The zero-order valence-corrected chi connectivity index (χ0v) is 14.2. The lowest BCUT2D eigenvalue weighted by Gasteiger charge is -2.38. The van der Waals surface area contributed by atoms with Gasteiger partial charge >= 0.3 is 6.09 Å². The lowest BCUT2D eigenvalue weighted by Crippen LogP contribution is -2.48. The summed E-state index contributed by atoms with van der Waals surface area (Å²) in [6, 6.07) is 0.118. The Morgan fingerprint density at radius 3 is 2.77 bits per heavy atom. The first-order valence-corrected chi connectivity index (χ1v) is 7.86. The average Bonchev–Trinajstić information content (AvgIpc) is 2.80. The maximum Gasteiger partial charge on any atom is 0.410 e. The molecular formula is C16H27N3O3. The van der Waals surface area contributed by atoms with Crippen LogP contribution in [0.3, 0.4) is 0 Å². The molecule has 1 N–H and O–H groups in total. The first kappa shape index (κ1) is 16.8. The second-order valence-electron chi connectivity index (χ2n) is 6.99. The Morgan fingerprint density at radius 1 is 1.50 bits per heavy atom. The molecule has 0 unspecified atom stereocenters. The predicted octanol–water partition coefficient (Wildman–Crippen LogP) is 3.02. The fourth-order valence-corrected chi connectivity index (χ4v) is 2.61. The number of carbonyl (C=O) groups is 1. The zero-order valence-electron chi connectivity index (χ0n) is 14.2. The Labute approximate surface area is 132 Å². The van der Waals surface area contributed by atoms with E-state index >= 15 is 0 Å². The summed E-state index contributed by atoms with van der Waals surface area (Å²) >= 11 is 0. The fourth-order valence-electron chi connectivity index (χ4n) is 2.61. The number of amides is 1. The summed E-state index contributed by atoms with van der Waals surface area (Å²) in [5, 5.41) is 0. The molecule has 1 aromatic rings. The van der Waals surface area contributed by atoms with Crippen LogP contribution < -0.4 is 0 Å². The van der Waals surface area contributed by atoms with Crippen molar-refractivity contribution in [1.82, 2.24) is 14.9 Å². The van der Waals surface area contributed by atoms with E-state index < -0.39 is 5.60 Å². The molecule has 0 saturated carbocycles. The normalized spacial score (nSPS) is 22.7. The molecule has 0 bridgehead atoms. The Morgan fingerprint density at radius 2 is 2.23 bits per heavy atom. The van der Waals surface area contributed by atoms with Gasteiger partial charge in [0.15, 0.2) is 0 Å². The summed E-state index contributed by atoms with van der Waals surface area (Å²) in [6.45, 7) is 10.8. The van der Waals surface area contributed by atoms with Crippen LogP contribution >= 0.6 is 0 Å². The smallest absolute Gasteiger partial charge is 0.410 e. The molecule has 6 heteroatoms. The van der Waals surface area contributed by atoms with Crippen LogP contribution in [-0.4, -0.2) is 45.3 Å². The molecule has 1 fully saturated rings. The minimum absolute atomic E-state index is 0.118. The van der Waals surface area contributed by atoms with Crippen LogP contribution in [0.2, 0.25) is 0 Å². The van der Waals surface area contributed by atoms with E-state index in [1.807, 2.05) is 34.6 Å². The van der Waals surface area contributed by atoms with Crippen LogP contribution in [0.15, 0.2) is 6.20 Å². The number of nitrogens with zero attached hydrogens (tertiary/aromatic N) is 2. The standard InChI is InChI=1S/C16H27N3O3/c1-11-9-17-14(18-11)10-21-13-6-7-19(12(2)8-13)15(20)22-16(3,4)5/h9,12-13H,6-8,10H2,1-5H3,(H,17,18)/t12-,13-/m0/s1. The van der Waals surface area contributed by atoms with Crippen molar-refractivity contribution in [2.75, 3.05) is 6.54 Å². The summed E-state index contributed by atoms with van der Waals surface area (Å²) in [5.74, 6) is 0.847. The molecule has 0 aliphatic carbocycles. The maximum atomic E-state index is 12.2. The van der Waals surface area contributed by atoms with Crippen molar-refractivity contribution >= 4 is 6.09 Å². The van der Waals surface area contributed by atoms with Crippen molar-refractivity contribution in [2.45, 2.75) is 71.8 Å². The van der Waals surface area contributed by atoms with Gasteiger partial charge in [-0.1, -0.05) is 0 Å². The van der Waals surface area contributed by atoms with Gasteiger partial charge in [-0.2, -0.15) is 0 Å². The molecule has 2 heterocycles. The van der Waals surface area contributed by atoms with E-state index in [2.05, 4.69) is 9.97 Å². The molecule has 0 aromatic carbocycles. The third-order valence-corrected chi connectivity index (χ3v) is 3.67. The van der Waals surface area contributed by atoms with E-state index in [0.717, 1.165) is 24.4 Å². The zero-order chi connectivity index (χ0) is 16.3. The first-order valence-electron chi connectivity index (χ1n) is 7.86. The van der Waals surface area contributed by atoms with E-state index in [0.29, 0.717) is 13.2 Å². The van der Waals surface area contributed by atoms with Gasteiger partial charge in [0.2, 0.25) is 0 Å². The fraction of sp³-hybridized carbons (Fsp3) is 0.750. The number of hydrogen-bond donors (Lipinski definition) is 1. The third-order valence-electron chi connectivity index (χ3n) is 3.67. The number of aromatic nitrogens is 2. The molecule has 1 aromatic heterocycles. The lowest BCUT2D eigenvalue weighted by molar-refractivity contribution is -0.0343. The number of aromatic amines is 1. The van der Waals surface area contributed by atoms with Crippen LogP contribution in [0.4, 0.5) is 4.79 Å². The van der Waals surface area contributed by atoms with Crippen molar-refractivity contribution in [3.8, 4) is 0 Å².